The fraction of sp³-hybridized carbons (Fsp3) is 0.500. The van der Waals surface area contributed by atoms with E-state index in [9.17, 15) is 4.79 Å². The molecule has 0 unspecified atom stereocenters. The second-order valence-corrected chi connectivity index (χ2v) is 2.16. The minimum absolute atomic E-state index is 0.144. The van der Waals surface area contributed by atoms with Crippen molar-refractivity contribution in [3.05, 3.63) is 5.89 Å². The van der Waals surface area contributed by atoms with E-state index in [0.717, 1.165) is 0 Å². The van der Waals surface area contributed by atoms with Crippen molar-refractivity contribution >= 4 is 6.09 Å². The van der Waals surface area contributed by atoms with Crippen molar-refractivity contribution in [2.45, 2.75) is 6.42 Å². The van der Waals surface area contributed by atoms with Crippen LogP contribution in [0.25, 0.3) is 0 Å². The van der Waals surface area contributed by atoms with Gasteiger partial charge in [-0.15, -0.1) is 0 Å². The third-order valence-electron chi connectivity index (χ3n) is 1.25. The van der Waals surface area contributed by atoms with Gasteiger partial charge in [0, 0.05) is 13.0 Å². The van der Waals surface area contributed by atoms with Gasteiger partial charge in [0.1, 0.15) is 0 Å². The largest absolute Gasteiger partial charge is 0.465 e. The lowest BCUT2D eigenvalue weighted by Gasteiger charge is -1.94. The third kappa shape index (κ3) is 2.97. The second-order valence-electron chi connectivity index (χ2n) is 2.16. The van der Waals surface area contributed by atoms with Crippen LogP contribution in [-0.4, -0.2) is 35.0 Å². The van der Waals surface area contributed by atoms with E-state index in [1.807, 2.05) is 0 Å². The number of carbonyl (C=O) groups is 1. The number of nitrogens with zero attached hydrogens (tertiary/aromatic N) is 2. The lowest BCUT2D eigenvalue weighted by Crippen LogP contribution is -2.23. The van der Waals surface area contributed by atoms with E-state index in [1.165, 1.54) is 7.11 Å². The van der Waals surface area contributed by atoms with Crippen molar-refractivity contribution in [3.63, 3.8) is 0 Å². The van der Waals surface area contributed by atoms with Crippen LogP contribution in [0.3, 0.4) is 0 Å². The van der Waals surface area contributed by atoms with Gasteiger partial charge in [-0.2, -0.15) is 4.98 Å². The molecule has 0 bridgehead atoms. The minimum atomic E-state index is -1.08. The van der Waals surface area contributed by atoms with E-state index in [1.54, 1.807) is 0 Å². The number of methoxy groups -OCH3 is 1. The molecule has 0 saturated heterocycles. The van der Waals surface area contributed by atoms with Gasteiger partial charge in [0.15, 0.2) is 0 Å². The minimum Gasteiger partial charge on any atom is -0.465 e. The van der Waals surface area contributed by atoms with Crippen molar-refractivity contribution in [1.29, 1.82) is 0 Å². The van der Waals surface area contributed by atoms with Gasteiger partial charge in [-0.05, 0) is 5.16 Å². The van der Waals surface area contributed by atoms with Crippen LogP contribution in [0.5, 0.6) is 6.01 Å². The summed E-state index contributed by atoms with van der Waals surface area (Å²) in [6.45, 7) is 0.237. The van der Waals surface area contributed by atoms with Gasteiger partial charge in [-0.25, -0.2) is 4.79 Å². The molecule has 1 heterocycles. The third-order valence-corrected chi connectivity index (χ3v) is 1.25. The maximum absolute atomic E-state index is 10.0. The zero-order valence-corrected chi connectivity index (χ0v) is 6.98. The first-order valence-corrected chi connectivity index (χ1v) is 3.55. The lowest BCUT2D eigenvalue weighted by atomic mass is 10.4. The number of aromatic nitrogens is 2. The average Bonchev–Trinajstić information content (AvgIpc) is 2.52. The Kier molecular flexibility index (Phi) is 3.07. The molecule has 1 aromatic rings. The van der Waals surface area contributed by atoms with Crippen LogP contribution in [0.15, 0.2) is 4.52 Å². The SMILES string of the molecule is COc1noc(CCNC(=O)O)n1. The molecule has 0 atom stereocenters. The summed E-state index contributed by atoms with van der Waals surface area (Å²) in [5.41, 5.74) is 0. The quantitative estimate of drug-likeness (QED) is 0.682. The predicted molar refractivity (Wildman–Crippen MR) is 40.6 cm³/mol. The lowest BCUT2D eigenvalue weighted by molar-refractivity contribution is 0.194. The van der Waals surface area contributed by atoms with Gasteiger partial charge < -0.3 is 19.7 Å². The summed E-state index contributed by atoms with van der Waals surface area (Å²) < 4.78 is 9.39. The van der Waals surface area contributed by atoms with Crippen LogP contribution in [0.4, 0.5) is 4.79 Å². The first kappa shape index (κ1) is 9.30. The van der Waals surface area contributed by atoms with Gasteiger partial charge in [0.2, 0.25) is 5.89 Å². The average molecular weight is 187 g/mol. The molecule has 0 saturated carbocycles. The molecule has 0 aromatic carbocycles. The van der Waals surface area contributed by atoms with E-state index < -0.39 is 6.09 Å². The van der Waals surface area contributed by atoms with Crippen LogP contribution in [0.2, 0.25) is 0 Å². The van der Waals surface area contributed by atoms with E-state index in [4.69, 9.17) is 9.63 Å². The van der Waals surface area contributed by atoms with Crippen LogP contribution < -0.4 is 10.1 Å². The molecule has 7 heteroatoms. The van der Waals surface area contributed by atoms with Gasteiger partial charge in [0.05, 0.1) is 7.11 Å². The Hall–Kier alpha value is -1.79. The zero-order chi connectivity index (χ0) is 9.68. The highest BCUT2D eigenvalue weighted by atomic mass is 16.5. The molecule has 1 amide bonds. The molecule has 7 nitrogen and oxygen atoms in total. The smallest absolute Gasteiger partial charge is 0.404 e. The van der Waals surface area contributed by atoms with E-state index in [-0.39, 0.29) is 12.6 Å². The zero-order valence-electron chi connectivity index (χ0n) is 6.98. The summed E-state index contributed by atoms with van der Waals surface area (Å²) in [6.07, 6.45) is -0.727. The Morgan fingerprint density at radius 3 is 3.08 bits per heavy atom. The number of hydrogen-bond donors (Lipinski definition) is 2. The van der Waals surface area contributed by atoms with Gasteiger partial charge >= 0.3 is 12.1 Å². The van der Waals surface area contributed by atoms with Gasteiger partial charge in [-0.3, -0.25) is 0 Å². The number of hydrogen-bond acceptors (Lipinski definition) is 5. The first-order valence-electron chi connectivity index (χ1n) is 3.55. The molecule has 0 aliphatic rings. The maximum Gasteiger partial charge on any atom is 0.404 e. The fourth-order valence-corrected chi connectivity index (χ4v) is 0.700. The van der Waals surface area contributed by atoms with Crippen LogP contribution in [0.1, 0.15) is 5.89 Å². The number of carboxylic acid groups (broad SMARTS) is 1. The molecule has 0 aliphatic heterocycles. The Balaban J connectivity index is 2.32. The van der Waals surface area contributed by atoms with Crippen molar-refractivity contribution in [3.8, 4) is 6.01 Å². The highest BCUT2D eigenvalue weighted by molar-refractivity contribution is 5.64. The van der Waals surface area contributed by atoms with Crippen molar-refractivity contribution in [1.82, 2.24) is 15.5 Å². The first-order chi connectivity index (χ1) is 6.22. The van der Waals surface area contributed by atoms with Crippen molar-refractivity contribution in [2.75, 3.05) is 13.7 Å². The summed E-state index contributed by atoms with van der Waals surface area (Å²) in [4.78, 5) is 13.8. The Morgan fingerprint density at radius 2 is 2.54 bits per heavy atom. The summed E-state index contributed by atoms with van der Waals surface area (Å²) in [6, 6.07) is 0.144. The summed E-state index contributed by atoms with van der Waals surface area (Å²) in [5, 5.41) is 13.9. The molecular formula is C6H9N3O4. The fourth-order valence-electron chi connectivity index (χ4n) is 0.700. The molecule has 1 rings (SSSR count). The number of amides is 1. The van der Waals surface area contributed by atoms with E-state index in [2.05, 4.69) is 20.2 Å². The number of rotatable bonds is 4. The number of ether oxygens (including phenoxy) is 1. The van der Waals surface area contributed by atoms with E-state index in [0.29, 0.717) is 12.3 Å². The Bertz CT molecular complexity index is 285. The molecule has 13 heavy (non-hydrogen) atoms. The standard InChI is InChI=1S/C6H9N3O4/c1-12-5-8-4(13-9-5)2-3-7-6(10)11/h7H,2-3H2,1H3,(H,10,11). The van der Waals surface area contributed by atoms with Crippen LogP contribution in [0, 0.1) is 0 Å². The number of nitrogens with one attached hydrogen (secondary N) is 1. The Morgan fingerprint density at radius 1 is 1.77 bits per heavy atom. The summed E-state index contributed by atoms with van der Waals surface area (Å²) >= 11 is 0. The Labute approximate surface area is 73.7 Å². The van der Waals surface area contributed by atoms with Crippen LogP contribution in [-0.2, 0) is 6.42 Å². The van der Waals surface area contributed by atoms with Crippen LogP contribution >= 0.6 is 0 Å². The van der Waals surface area contributed by atoms with E-state index >= 15 is 0 Å². The molecule has 0 aliphatic carbocycles. The van der Waals surface area contributed by atoms with Crippen molar-refractivity contribution in [2.24, 2.45) is 0 Å². The summed E-state index contributed by atoms with van der Waals surface area (Å²) in [5.74, 6) is 0.339. The topological polar surface area (TPSA) is 97.5 Å². The molecule has 0 spiro atoms. The monoisotopic (exact) mass is 187 g/mol. The molecule has 72 valence electrons. The highest BCUT2D eigenvalue weighted by Crippen LogP contribution is 2.03. The summed E-state index contributed by atoms with van der Waals surface area (Å²) in [7, 11) is 1.42. The second kappa shape index (κ2) is 4.29. The maximum atomic E-state index is 10.0. The predicted octanol–water partition coefficient (Wildman–Crippen LogP) is -0.112. The molecule has 0 radical (unpaired) electrons. The highest BCUT2D eigenvalue weighted by Gasteiger charge is 2.05. The molecule has 0 fully saturated rings. The molecular weight excluding hydrogens is 178 g/mol. The van der Waals surface area contributed by atoms with Gasteiger partial charge in [-0.1, -0.05) is 0 Å². The molecule has 1 aromatic heterocycles. The van der Waals surface area contributed by atoms with Crippen molar-refractivity contribution < 1.29 is 19.2 Å². The molecule has 2 N–H and O–H groups in total. The normalized spacial score (nSPS) is 9.62. The van der Waals surface area contributed by atoms with Gasteiger partial charge in [0.25, 0.3) is 0 Å².